The highest BCUT2D eigenvalue weighted by Gasteiger charge is 2.38. The Kier molecular flexibility index (Phi) is 4.60. The van der Waals surface area contributed by atoms with Gasteiger partial charge in [-0.1, -0.05) is 18.2 Å². The minimum atomic E-state index is -0.0609. The summed E-state index contributed by atoms with van der Waals surface area (Å²) < 4.78 is 11.6. The fourth-order valence-electron chi connectivity index (χ4n) is 4.40. The molecule has 1 aromatic carbocycles. The zero-order valence-electron chi connectivity index (χ0n) is 14.0. The molecule has 1 aliphatic carbocycles. The van der Waals surface area contributed by atoms with Gasteiger partial charge in [-0.25, -0.2) is 4.79 Å². The van der Waals surface area contributed by atoms with E-state index in [0.29, 0.717) is 18.6 Å². The van der Waals surface area contributed by atoms with Crippen LogP contribution in [-0.4, -0.2) is 31.4 Å². The maximum absolute atomic E-state index is 12.6. The summed E-state index contributed by atoms with van der Waals surface area (Å²) in [5, 5.41) is 6.39. The molecule has 2 N–H and O–H groups in total. The third-order valence-corrected chi connectivity index (χ3v) is 5.59. The van der Waals surface area contributed by atoms with Gasteiger partial charge < -0.3 is 20.1 Å². The zero-order chi connectivity index (χ0) is 16.4. The maximum Gasteiger partial charge on any atom is 0.315 e. The third kappa shape index (κ3) is 3.22. The lowest BCUT2D eigenvalue weighted by Crippen LogP contribution is -2.49. The number of hydrogen-bond acceptors (Lipinski definition) is 3. The summed E-state index contributed by atoms with van der Waals surface area (Å²) in [6.45, 7) is 1.54. The second-order valence-electron chi connectivity index (χ2n) is 7.10. The Morgan fingerprint density at radius 1 is 1.00 bits per heavy atom. The molecule has 2 heterocycles. The lowest BCUT2D eigenvalue weighted by molar-refractivity contribution is 0.0548. The molecule has 1 aromatic rings. The molecule has 3 aliphatic rings. The fraction of sp³-hybridized carbons (Fsp3) is 0.632. The number of fused-ring (bicyclic) bond motifs is 2. The summed E-state index contributed by atoms with van der Waals surface area (Å²) in [7, 11) is 0. The minimum Gasteiger partial charge on any atom is -0.493 e. The molecule has 130 valence electrons. The third-order valence-electron chi connectivity index (χ3n) is 5.59. The van der Waals surface area contributed by atoms with Crippen LogP contribution in [0.5, 0.6) is 5.75 Å². The van der Waals surface area contributed by atoms with Gasteiger partial charge in [0.05, 0.1) is 18.8 Å². The zero-order valence-corrected chi connectivity index (χ0v) is 14.0. The summed E-state index contributed by atoms with van der Waals surface area (Å²) >= 11 is 0. The molecule has 2 amide bonds. The average molecular weight is 330 g/mol. The van der Waals surface area contributed by atoms with Crippen LogP contribution in [0, 0.1) is 5.92 Å². The molecule has 0 spiro atoms. The van der Waals surface area contributed by atoms with Crippen molar-refractivity contribution in [3.63, 3.8) is 0 Å². The molecule has 24 heavy (non-hydrogen) atoms. The van der Waals surface area contributed by atoms with Crippen LogP contribution in [0.2, 0.25) is 0 Å². The summed E-state index contributed by atoms with van der Waals surface area (Å²) in [4.78, 5) is 12.6. The minimum absolute atomic E-state index is 0.0166. The van der Waals surface area contributed by atoms with E-state index in [1.165, 1.54) is 0 Å². The first kappa shape index (κ1) is 15.8. The molecule has 2 fully saturated rings. The molecule has 2 aliphatic heterocycles. The van der Waals surface area contributed by atoms with Crippen molar-refractivity contribution in [2.24, 2.45) is 5.92 Å². The molecule has 0 aromatic heterocycles. The van der Waals surface area contributed by atoms with Gasteiger partial charge in [-0.2, -0.15) is 0 Å². The average Bonchev–Trinajstić information content (AvgIpc) is 2.99. The van der Waals surface area contributed by atoms with Gasteiger partial charge in [0.1, 0.15) is 5.75 Å². The molecular formula is C19H26N2O3. The normalized spacial score (nSPS) is 32.0. The van der Waals surface area contributed by atoms with E-state index in [4.69, 9.17) is 9.47 Å². The van der Waals surface area contributed by atoms with Crippen LogP contribution in [0.3, 0.4) is 0 Å². The number of ether oxygens (including phenoxy) is 2. The number of carbonyl (C=O) groups is 1. The summed E-state index contributed by atoms with van der Waals surface area (Å²) in [6.07, 6.45) is 6.59. The van der Waals surface area contributed by atoms with Crippen molar-refractivity contribution in [3.8, 4) is 5.75 Å². The van der Waals surface area contributed by atoms with E-state index < -0.39 is 0 Å². The van der Waals surface area contributed by atoms with Crippen molar-refractivity contribution in [1.82, 2.24) is 10.6 Å². The summed E-state index contributed by atoms with van der Waals surface area (Å²) in [5.74, 6) is 1.37. The molecule has 4 rings (SSSR count). The number of hydrogen-bond donors (Lipinski definition) is 2. The first-order chi connectivity index (χ1) is 11.8. The number of amides is 2. The first-order valence-corrected chi connectivity index (χ1v) is 9.21. The van der Waals surface area contributed by atoms with Crippen molar-refractivity contribution < 1.29 is 14.3 Å². The molecule has 0 radical (unpaired) electrons. The van der Waals surface area contributed by atoms with Crippen LogP contribution in [0.25, 0.3) is 0 Å². The van der Waals surface area contributed by atoms with E-state index in [1.54, 1.807) is 0 Å². The molecule has 4 atom stereocenters. The maximum atomic E-state index is 12.6. The second-order valence-corrected chi connectivity index (χ2v) is 7.10. The number of urea groups is 1. The highest BCUT2D eigenvalue weighted by molar-refractivity contribution is 5.75. The standard InChI is InChI=1S/C19H26N2O3/c22-19(20-15-6-3-9-18-14(15)10-12-24-18)21-16-7-4-11-23-17-8-2-1-5-13(16)17/h1-2,5,8,14-16,18H,3-4,6-7,9-12H2,(H2,20,21,22)/t14-,15+,16+,18+/m0/s1. The Bertz CT molecular complexity index is 592. The number of para-hydroxylation sites is 1. The Balaban J connectivity index is 1.41. The molecule has 1 saturated heterocycles. The van der Waals surface area contributed by atoms with E-state index in [1.807, 2.05) is 24.3 Å². The van der Waals surface area contributed by atoms with Crippen molar-refractivity contribution in [2.75, 3.05) is 13.2 Å². The van der Waals surface area contributed by atoms with Crippen molar-refractivity contribution >= 4 is 6.03 Å². The van der Waals surface area contributed by atoms with Crippen LogP contribution in [0.1, 0.15) is 50.1 Å². The van der Waals surface area contributed by atoms with Crippen molar-refractivity contribution in [2.45, 2.75) is 56.7 Å². The smallest absolute Gasteiger partial charge is 0.315 e. The van der Waals surface area contributed by atoms with Gasteiger partial charge in [0.25, 0.3) is 0 Å². The van der Waals surface area contributed by atoms with Gasteiger partial charge in [0, 0.05) is 24.1 Å². The van der Waals surface area contributed by atoms with Crippen LogP contribution in [0.4, 0.5) is 4.79 Å². The molecule has 5 heteroatoms. The number of carbonyl (C=O) groups excluding carboxylic acids is 1. The quantitative estimate of drug-likeness (QED) is 0.876. The van der Waals surface area contributed by atoms with Crippen LogP contribution in [0.15, 0.2) is 24.3 Å². The SMILES string of the molecule is O=C(N[C@@H]1CCCOc2ccccc21)N[C@@H]1CCC[C@H]2OCC[C@@H]12. The molecule has 0 bridgehead atoms. The largest absolute Gasteiger partial charge is 0.493 e. The van der Waals surface area contributed by atoms with Crippen molar-refractivity contribution in [1.29, 1.82) is 0 Å². The van der Waals surface area contributed by atoms with E-state index in [0.717, 1.165) is 56.4 Å². The molecule has 5 nitrogen and oxygen atoms in total. The molecule has 1 saturated carbocycles. The van der Waals surface area contributed by atoms with Gasteiger partial charge in [0.2, 0.25) is 0 Å². The number of nitrogens with one attached hydrogen (secondary N) is 2. The van der Waals surface area contributed by atoms with Gasteiger partial charge >= 0.3 is 6.03 Å². The van der Waals surface area contributed by atoms with E-state index >= 15 is 0 Å². The Hall–Kier alpha value is -1.75. The van der Waals surface area contributed by atoms with Crippen molar-refractivity contribution in [3.05, 3.63) is 29.8 Å². The van der Waals surface area contributed by atoms with E-state index in [2.05, 4.69) is 10.6 Å². The van der Waals surface area contributed by atoms with Gasteiger partial charge in [-0.3, -0.25) is 0 Å². The van der Waals surface area contributed by atoms with E-state index in [-0.39, 0.29) is 18.1 Å². The van der Waals surface area contributed by atoms with Gasteiger partial charge in [0.15, 0.2) is 0 Å². The van der Waals surface area contributed by atoms with Crippen LogP contribution >= 0.6 is 0 Å². The van der Waals surface area contributed by atoms with Gasteiger partial charge in [-0.05, 0) is 44.6 Å². The topological polar surface area (TPSA) is 59.6 Å². The predicted octanol–water partition coefficient (Wildman–Crippen LogP) is 3.16. The van der Waals surface area contributed by atoms with Crippen LogP contribution < -0.4 is 15.4 Å². The first-order valence-electron chi connectivity index (χ1n) is 9.21. The Labute approximate surface area is 143 Å². The van der Waals surface area contributed by atoms with E-state index in [9.17, 15) is 4.79 Å². The summed E-state index contributed by atoms with van der Waals surface area (Å²) in [5.41, 5.74) is 1.08. The lowest BCUT2D eigenvalue weighted by Gasteiger charge is -2.33. The van der Waals surface area contributed by atoms with Gasteiger partial charge in [-0.15, -0.1) is 0 Å². The molecule has 0 unspecified atom stereocenters. The lowest BCUT2D eigenvalue weighted by atomic mass is 9.82. The number of benzene rings is 1. The number of rotatable bonds is 2. The predicted molar refractivity (Wildman–Crippen MR) is 91.1 cm³/mol. The second kappa shape index (κ2) is 7.01. The fourth-order valence-corrected chi connectivity index (χ4v) is 4.40. The van der Waals surface area contributed by atoms with Crippen LogP contribution in [-0.2, 0) is 4.74 Å². The monoisotopic (exact) mass is 330 g/mol. The molecular weight excluding hydrogens is 304 g/mol. The Morgan fingerprint density at radius 3 is 2.88 bits per heavy atom. The highest BCUT2D eigenvalue weighted by atomic mass is 16.5. The summed E-state index contributed by atoms with van der Waals surface area (Å²) in [6, 6.07) is 8.20. The highest BCUT2D eigenvalue weighted by Crippen LogP contribution is 2.35. The Morgan fingerprint density at radius 2 is 1.92 bits per heavy atom.